The molecule has 0 fully saturated rings. The molecule has 136 valence electrons. The molecule has 1 aromatic heterocycles. The Bertz CT molecular complexity index is 930. The molecule has 0 saturated carbocycles. The number of halogens is 3. The molecule has 1 atom stereocenters. The van der Waals surface area contributed by atoms with Crippen LogP contribution in [0.25, 0.3) is 10.9 Å². The smallest absolute Gasteiger partial charge is 0.416 e. The first-order valence-electron chi connectivity index (χ1n) is 7.97. The van der Waals surface area contributed by atoms with Gasteiger partial charge in [-0.1, -0.05) is 30.3 Å². The van der Waals surface area contributed by atoms with Crippen LogP contribution in [0.15, 0.2) is 54.7 Å². The van der Waals surface area contributed by atoms with Gasteiger partial charge in [0.15, 0.2) is 0 Å². The number of aliphatic carboxylic acids is 1. The molecular formula is C19H17F3N2O2. The highest BCUT2D eigenvalue weighted by molar-refractivity contribution is 5.85. The number of nitrogens with zero attached hydrogens (tertiary/aromatic N) is 1. The van der Waals surface area contributed by atoms with Crippen LogP contribution in [-0.2, 0) is 23.9 Å². The van der Waals surface area contributed by atoms with Crippen LogP contribution in [0.5, 0.6) is 0 Å². The van der Waals surface area contributed by atoms with E-state index in [1.54, 1.807) is 0 Å². The van der Waals surface area contributed by atoms with E-state index in [0.29, 0.717) is 12.1 Å². The fourth-order valence-corrected chi connectivity index (χ4v) is 2.94. The lowest BCUT2D eigenvalue weighted by molar-refractivity contribution is -0.139. The lowest BCUT2D eigenvalue weighted by Gasteiger charge is -2.09. The predicted molar refractivity (Wildman–Crippen MR) is 91.8 cm³/mol. The molecule has 4 nitrogen and oxygen atoms in total. The highest BCUT2D eigenvalue weighted by atomic mass is 19.4. The number of alkyl halides is 3. The van der Waals surface area contributed by atoms with Gasteiger partial charge in [-0.2, -0.15) is 13.2 Å². The van der Waals surface area contributed by atoms with Gasteiger partial charge >= 0.3 is 12.1 Å². The van der Waals surface area contributed by atoms with Gasteiger partial charge in [0.25, 0.3) is 0 Å². The lowest BCUT2D eigenvalue weighted by Crippen LogP contribution is -2.32. The van der Waals surface area contributed by atoms with Gasteiger partial charge in [-0.05, 0) is 29.3 Å². The Morgan fingerprint density at radius 3 is 2.38 bits per heavy atom. The minimum absolute atomic E-state index is 0.176. The second-order valence-electron chi connectivity index (χ2n) is 6.14. The van der Waals surface area contributed by atoms with Gasteiger partial charge in [0.1, 0.15) is 6.04 Å². The van der Waals surface area contributed by atoms with Crippen LogP contribution in [0.3, 0.4) is 0 Å². The first-order chi connectivity index (χ1) is 12.3. The maximum atomic E-state index is 12.7. The standard InChI is InChI=1S/C19H17F3N2O2/c20-19(21,22)14-7-5-12(6-8-14)10-24-11-13(9-16(23)18(25)26)15-3-1-2-4-17(15)24/h1-8,11,16H,9-10,23H2,(H,25,26). The van der Waals surface area contributed by atoms with E-state index in [1.165, 1.54) is 12.1 Å². The third kappa shape index (κ3) is 3.72. The van der Waals surface area contributed by atoms with Crippen molar-refractivity contribution in [3.63, 3.8) is 0 Å². The van der Waals surface area contributed by atoms with Crippen molar-refractivity contribution in [1.29, 1.82) is 0 Å². The van der Waals surface area contributed by atoms with Crippen LogP contribution in [0, 0.1) is 0 Å². The van der Waals surface area contributed by atoms with E-state index < -0.39 is 23.8 Å². The summed E-state index contributed by atoms with van der Waals surface area (Å²) in [5, 5.41) is 9.91. The normalized spacial score (nSPS) is 13.1. The van der Waals surface area contributed by atoms with Gasteiger partial charge in [-0.3, -0.25) is 4.79 Å². The van der Waals surface area contributed by atoms with Crippen molar-refractivity contribution in [3.05, 3.63) is 71.4 Å². The second-order valence-corrected chi connectivity index (χ2v) is 6.14. The highest BCUT2D eigenvalue weighted by Gasteiger charge is 2.29. The summed E-state index contributed by atoms with van der Waals surface area (Å²) in [6, 6.07) is 11.5. The van der Waals surface area contributed by atoms with E-state index in [1.807, 2.05) is 35.0 Å². The SMILES string of the molecule is NC(Cc1cn(Cc2ccc(C(F)(F)F)cc2)c2ccccc12)C(=O)O. The summed E-state index contributed by atoms with van der Waals surface area (Å²) in [5.74, 6) is -1.08. The minimum Gasteiger partial charge on any atom is -0.480 e. The number of nitrogens with two attached hydrogens (primary N) is 1. The van der Waals surface area contributed by atoms with Crippen molar-refractivity contribution in [1.82, 2.24) is 4.57 Å². The first kappa shape index (κ1) is 18.0. The molecule has 0 aliphatic carbocycles. The quantitative estimate of drug-likeness (QED) is 0.728. The molecule has 0 amide bonds. The molecule has 2 aromatic carbocycles. The Kier molecular flexibility index (Phi) is 4.73. The Morgan fingerprint density at radius 2 is 1.77 bits per heavy atom. The van der Waals surface area contributed by atoms with Gasteiger partial charge < -0.3 is 15.4 Å². The average Bonchev–Trinajstić information content (AvgIpc) is 2.92. The largest absolute Gasteiger partial charge is 0.480 e. The van der Waals surface area contributed by atoms with Gasteiger partial charge in [0, 0.05) is 30.1 Å². The summed E-state index contributed by atoms with van der Waals surface area (Å²) >= 11 is 0. The topological polar surface area (TPSA) is 68.2 Å². The van der Waals surface area contributed by atoms with Crippen LogP contribution >= 0.6 is 0 Å². The zero-order valence-electron chi connectivity index (χ0n) is 13.7. The van der Waals surface area contributed by atoms with E-state index in [4.69, 9.17) is 10.8 Å². The molecule has 0 bridgehead atoms. The van der Waals surface area contributed by atoms with E-state index in [-0.39, 0.29) is 6.42 Å². The molecule has 0 aliphatic rings. The summed E-state index contributed by atoms with van der Waals surface area (Å²) < 4.78 is 39.9. The van der Waals surface area contributed by atoms with Gasteiger partial charge in [-0.15, -0.1) is 0 Å². The number of para-hydroxylation sites is 1. The van der Waals surface area contributed by atoms with Gasteiger partial charge in [-0.25, -0.2) is 0 Å². The number of aromatic nitrogens is 1. The number of carboxylic acids is 1. The molecule has 1 heterocycles. The van der Waals surface area contributed by atoms with Crippen LogP contribution in [0.2, 0.25) is 0 Å². The molecule has 1 unspecified atom stereocenters. The Morgan fingerprint density at radius 1 is 1.12 bits per heavy atom. The highest BCUT2D eigenvalue weighted by Crippen LogP contribution is 2.29. The van der Waals surface area contributed by atoms with Gasteiger partial charge in [0.2, 0.25) is 0 Å². The molecular weight excluding hydrogens is 345 g/mol. The summed E-state index contributed by atoms with van der Waals surface area (Å²) in [4.78, 5) is 11.0. The van der Waals surface area contributed by atoms with Gasteiger partial charge in [0.05, 0.1) is 5.56 Å². The monoisotopic (exact) mass is 362 g/mol. The van der Waals surface area contributed by atoms with Crippen molar-refractivity contribution in [2.75, 3.05) is 0 Å². The molecule has 3 rings (SSSR count). The number of carboxylic acid groups (broad SMARTS) is 1. The zero-order valence-corrected chi connectivity index (χ0v) is 13.7. The molecule has 3 aromatic rings. The maximum Gasteiger partial charge on any atom is 0.416 e. The van der Waals surface area contributed by atoms with Crippen molar-refractivity contribution in [2.45, 2.75) is 25.2 Å². The van der Waals surface area contributed by atoms with E-state index in [9.17, 15) is 18.0 Å². The molecule has 0 spiro atoms. The van der Waals surface area contributed by atoms with Crippen molar-refractivity contribution >= 4 is 16.9 Å². The van der Waals surface area contributed by atoms with E-state index in [2.05, 4.69) is 0 Å². The van der Waals surface area contributed by atoms with Crippen molar-refractivity contribution in [3.8, 4) is 0 Å². The fraction of sp³-hybridized carbons (Fsp3) is 0.211. The lowest BCUT2D eigenvalue weighted by atomic mass is 10.1. The predicted octanol–water partition coefficient (Wildman–Crippen LogP) is 3.66. The third-order valence-electron chi connectivity index (χ3n) is 4.26. The molecule has 0 aliphatic heterocycles. The number of carbonyl (C=O) groups is 1. The Hall–Kier alpha value is -2.80. The van der Waals surface area contributed by atoms with Crippen molar-refractivity contribution < 1.29 is 23.1 Å². The summed E-state index contributed by atoms with van der Waals surface area (Å²) in [5.41, 5.74) is 7.34. The van der Waals surface area contributed by atoms with E-state index >= 15 is 0 Å². The van der Waals surface area contributed by atoms with Crippen LogP contribution in [-0.4, -0.2) is 21.7 Å². The first-order valence-corrected chi connectivity index (χ1v) is 7.97. The molecule has 3 N–H and O–H groups in total. The number of rotatable bonds is 5. The summed E-state index contributed by atoms with van der Waals surface area (Å²) in [7, 11) is 0. The minimum atomic E-state index is -4.36. The second kappa shape index (κ2) is 6.84. The summed E-state index contributed by atoms with van der Waals surface area (Å²) in [6.07, 6.45) is -2.38. The van der Waals surface area contributed by atoms with Crippen molar-refractivity contribution in [2.24, 2.45) is 5.73 Å². The number of hydrogen-bond donors (Lipinski definition) is 2. The average molecular weight is 362 g/mol. The third-order valence-corrected chi connectivity index (χ3v) is 4.26. The summed E-state index contributed by atoms with van der Waals surface area (Å²) in [6.45, 7) is 0.376. The maximum absolute atomic E-state index is 12.7. The number of benzene rings is 2. The Balaban J connectivity index is 1.92. The van der Waals surface area contributed by atoms with Crippen LogP contribution in [0.4, 0.5) is 13.2 Å². The van der Waals surface area contributed by atoms with Crippen LogP contribution in [0.1, 0.15) is 16.7 Å². The fourth-order valence-electron chi connectivity index (χ4n) is 2.94. The number of hydrogen-bond acceptors (Lipinski definition) is 2. The molecule has 26 heavy (non-hydrogen) atoms. The van der Waals surface area contributed by atoms with E-state index in [0.717, 1.165) is 28.6 Å². The molecule has 0 saturated heterocycles. The molecule has 7 heteroatoms. The zero-order chi connectivity index (χ0) is 18.9. The Labute approximate surface area is 147 Å². The van der Waals surface area contributed by atoms with Crippen LogP contribution < -0.4 is 5.73 Å². The number of fused-ring (bicyclic) bond motifs is 1. The molecule has 0 radical (unpaired) electrons.